The van der Waals surface area contributed by atoms with E-state index in [1.807, 2.05) is 18.2 Å². The highest BCUT2D eigenvalue weighted by atomic mass is 16.1. The number of hydrogen-bond donors (Lipinski definition) is 1. The van der Waals surface area contributed by atoms with Crippen LogP contribution in [0.3, 0.4) is 0 Å². The van der Waals surface area contributed by atoms with Crippen molar-refractivity contribution in [3.8, 4) is 0 Å². The summed E-state index contributed by atoms with van der Waals surface area (Å²) in [6, 6.07) is 9.00. The maximum Gasteiger partial charge on any atom is 0.259 e. The maximum absolute atomic E-state index is 12.5. The molecule has 0 amide bonds. The van der Waals surface area contributed by atoms with Crippen LogP contribution in [0.1, 0.15) is 39.9 Å². The predicted octanol–water partition coefficient (Wildman–Crippen LogP) is 2.48. The molecule has 0 bridgehead atoms. The summed E-state index contributed by atoms with van der Waals surface area (Å²) in [7, 11) is 0. The number of aryl methyl sites for hydroxylation is 1. The van der Waals surface area contributed by atoms with Crippen LogP contribution in [0.2, 0.25) is 0 Å². The molecular weight excluding hydrogens is 238 g/mol. The van der Waals surface area contributed by atoms with Gasteiger partial charge in [0.25, 0.3) is 5.56 Å². The molecule has 19 heavy (non-hydrogen) atoms. The van der Waals surface area contributed by atoms with Gasteiger partial charge in [0.15, 0.2) is 5.78 Å². The van der Waals surface area contributed by atoms with Crippen LogP contribution in [0, 0.1) is 0 Å². The molecule has 3 rings (SSSR count). The second kappa shape index (κ2) is 4.84. The molecular formula is C16H15NO2. The molecule has 1 aliphatic carbocycles. The number of ketones is 1. The van der Waals surface area contributed by atoms with Gasteiger partial charge in [-0.3, -0.25) is 9.59 Å². The van der Waals surface area contributed by atoms with Crippen molar-refractivity contribution in [3.05, 3.63) is 69.1 Å². The zero-order valence-electron chi connectivity index (χ0n) is 10.6. The number of H-pyrrole nitrogens is 1. The Hall–Kier alpha value is -2.16. The molecule has 0 atom stereocenters. The van der Waals surface area contributed by atoms with Gasteiger partial charge in [-0.2, -0.15) is 0 Å². The molecule has 0 saturated carbocycles. The van der Waals surface area contributed by atoms with Crippen LogP contribution in [0.4, 0.5) is 0 Å². The first kappa shape index (κ1) is 11.9. The van der Waals surface area contributed by atoms with Crippen molar-refractivity contribution in [2.45, 2.75) is 25.7 Å². The van der Waals surface area contributed by atoms with Crippen molar-refractivity contribution in [2.75, 3.05) is 0 Å². The van der Waals surface area contributed by atoms with Crippen LogP contribution in [0.25, 0.3) is 0 Å². The van der Waals surface area contributed by atoms with Crippen molar-refractivity contribution in [1.29, 1.82) is 0 Å². The molecule has 3 heteroatoms. The Bertz CT molecular complexity index is 671. The molecule has 1 aromatic heterocycles. The third-order valence-corrected chi connectivity index (χ3v) is 3.68. The molecule has 0 fully saturated rings. The first-order chi connectivity index (χ1) is 9.27. The van der Waals surface area contributed by atoms with Crippen molar-refractivity contribution in [3.63, 3.8) is 0 Å². The molecule has 96 valence electrons. The van der Waals surface area contributed by atoms with Gasteiger partial charge in [-0.1, -0.05) is 30.3 Å². The summed E-state index contributed by atoms with van der Waals surface area (Å²) in [4.78, 5) is 27.3. The number of nitrogens with one attached hydrogen (secondary N) is 1. The molecule has 0 aliphatic heterocycles. The fourth-order valence-electron chi connectivity index (χ4n) is 2.71. The normalized spacial score (nSPS) is 13.9. The molecule has 0 unspecified atom stereocenters. The molecule has 0 spiro atoms. The molecule has 1 heterocycles. The number of rotatable bonds is 2. The van der Waals surface area contributed by atoms with Crippen LogP contribution < -0.4 is 5.56 Å². The summed E-state index contributed by atoms with van der Waals surface area (Å²) in [5, 5.41) is 0. The van der Waals surface area contributed by atoms with E-state index in [9.17, 15) is 9.59 Å². The van der Waals surface area contributed by atoms with Crippen LogP contribution in [0.5, 0.6) is 0 Å². The average Bonchev–Trinajstić information content (AvgIpc) is 2.47. The second-order valence-corrected chi connectivity index (χ2v) is 4.90. The Morgan fingerprint density at radius 2 is 1.79 bits per heavy atom. The van der Waals surface area contributed by atoms with Crippen LogP contribution in [-0.4, -0.2) is 10.8 Å². The topological polar surface area (TPSA) is 49.9 Å². The lowest BCUT2D eigenvalue weighted by molar-refractivity contribution is 0.103. The van der Waals surface area contributed by atoms with E-state index in [4.69, 9.17) is 0 Å². The molecule has 3 nitrogen and oxygen atoms in total. The first-order valence-corrected chi connectivity index (χ1v) is 6.60. The highest BCUT2D eigenvalue weighted by Gasteiger charge is 2.22. The summed E-state index contributed by atoms with van der Waals surface area (Å²) in [5.74, 6) is -0.166. The summed E-state index contributed by atoms with van der Waals surface area (Å²) in [5.41, 5.74) is 2.71. The van der Waals surface area contributed by atoms with E-state index < -0.39 is 0 Å². The first-order valence-electron chi connectivity index (χ1n) is 6.60. The van der Waals surface area contributed by atoms with Gasteiger partial charge in [-0.15, -0.1) is 0 Å². The number of benzene rings is 1. The standard InChI is InChI=1S/C16H15NO2/c18-15(11-6-2-1-3-7-11)14-13-9-5-4-8-12(13)10-17-16(14)19/h1-3,6-7,10H,4-5,8-9H2,(H,17,19). The van der Waals surface area contributed by atoms with E-state index in [0.29, 0.717) is 11.1 Å². The quantitative estimate of drug-likeness (QED) is 0.836. The van der Waals surface area contributed by atoms with Crippen molar-refractivity contribution >= 4 is 5.78 Å². The van der Waals surface area contributed by atoms with Crippen molar-refractivity contribution in [2.24, 2.45) is 0 Å². The lowest BCUT2D eigenvalue weighted by atomic mass is 9.87. The van der Waals surface area contributed by atoms with Gasteiger partial charge < -0.3 is 4.98 Å². The zero-order chi connectivity index (χ0) is 13.2. The van der Waals surface area contributed by atoms with Crippen LogP contribution in [0.15, 0.2) is 41.3 Å². The van der Waals surface area contributed by atoms with E-state index in [2.05, 4.69) is 4.98 Å². The van der Waals surface area contributed by atoms with Crippen molar-refractivity contribution < 1.29 is 4.79 Å². The second-order valence-electron chi connectivity index (χ2n) is 4.90. The molecule has 1 N–H and O–H groups in total. The molecule has 1 aliphatic rings. The fraction of sp³-hybridized carbons (Fsp3) is 0.250. The minimum absolute atomic E-state index is 0.166. The maximum atomic E-state index is 12.5. The number of fused-ring (bicyclic) bond motifs is 1. The number of aromatic nitrogens is 1. The van der Waals surface area contributed by atoms with Gasteiger partial charge in [-0.05, 0) is 36.8 Å². The Morgan fingerprint density at radius 1 is 1.05 bits per heavy atom. The fourth-order valence-corrected chi connectivity index (χ4v) is 2.71. The number of aromatic amines is 1. The summed E-state index contributed by atoms with van der Waals surface area (Å²) >= 11 is 0. The molecule has 0 radical (unpaired) electrons. The largest absolute Gasteiger partial charge is 0.328 e. The number of hydrogen-bond acceptors (Lipinski definition) is 2. The van der Waals surface area contributed by atoms with E-state index in [1.165, 1.54) is 0 Å². The predicted molar refractivity (Wildman–Crippen MR) is 73.6 cm³/mol. The smallest absolute Gasteiger partial charge is 0.259 e. The Balaban J connectivity index is 2.15. The SMILES string of the molecule is O=C(c1ccccc1)c1c2c(c[nH]c1=O)CCCC2. The zero-order valence-corrected chi connectivity index (χ0v) is 10.6. The van der Waals surface area contributed by atoms with E-state index >= 15 is 0 Å². The van der Waals surface area contributed by atoms with E-state index in [1.54, 1.807) is 18.3 Å². The van der Waals surface area contributed by atoms with Crippen LogP contribution in [-0.2, 0) is 12.8 Å². The summed E-state index contributed by atoms with van der Waals surface area (Å²) < 4.78 is 0. The van der Waals surface area contributed by atoms with Crippen molar-refractivity contribution in [1.82, 2.24) is 4.98 Å². The highest BCUT2D eigenvalue weighted by Crippen LogP contribution is 2.23. The minimum Gasteiger partial charge on any atom is -0.328 e. The number of pyridine rings is 1. The van der Waals surface area contributed by atoms with Gasteiger partial charge >= 0.3 is 0 Å². The van der Waals surface area contributed by atoms with E-state index in [-0.39, 0.29) is 11.3 Å². The van der Waals surface area contributed by atoms with Gasteiger partial charge in [-0.25, -0.2) is 0 Å². The summed E-state index contributed by atoms with van der Waals surface area (Å²) in [6.07, 6.45) is 5.70. The Labute approximate surface area is 111 Å². The number of carbonyl (C=O) groups is 1. The lowest BCUT2D eigenvalue weighted by Gasteiger charge is -2.17. The summed E-state index contributed by atoms with van der Waals surface area (Å²) in [6.45, 7) is 0. The third-order valence-electron chi connectivity index (χ3n) is 3.68. The third kappa shape index (κ3) is 2.12. The lowest BCUT2D eigenvalue weighted by Crippen LogP contribution is -2.24. The van der Waals surface area contributed by atoms with Crippen LogP contribution >= 0.6 is 0 Å². The van der Waals surface area contributed by atoms with Gasteiger partial charge in [0, 0.05) is 11.8 Å². The highest BCUT2D eigenvalue weighted by molar-refractivity contribution is 6.09. The minimum atomic E-state index is -0.269. The monoisotopic (exact) mass is 253 g/mol. The molecule has 2 aromatic rings. The average molecular weight is 253 g/mol. The van der Waals surface area contributed by atoms with Gasteiger partial charge in [0.05, 0.1) is 5.56 Å². The molecule has 1 aromatic carbocycles. The van der Waals surface area contributed by atoms with Gasteiger partial charge in [0.2, 0.25) is 0 Å². The molecule has 0 saturated heterocycles. The van der Waals surface area contributed by atoms with Gasteiger partial charge in [0.1, 0.15) is 0 Å². The van der Waals surface area contributed by atoms with E-state index in [0.717, 1.165) is 36.8 Å². The Kier molecular flexibility index (Phi) is 3.03. The number of carbonyl (C=O) groups excluding carboxylic acids is 1. The Morgan fingerprint density at radius 3 is 2.58 bits per heavy atom.